The molecule has 0 atom stereocenters. The van der Waals surface area contributed by atoms with Crippen LogP contribution in [0.3, 0.4) is 0 Å². The minimum atomic E-state index is 0.234. The number of ether oxygens (including phenoxy) is 1. The lowest BCUT2D eigenvalue weighted by atomic mass is 9.92. The smallest absolute Gasteiger partial charge is 0.0715 e. The molecule has 0 aliphatic heterocycles. The van der Waals surface area contributed by atoms with Crippen LogP contribution in [-0.4, -0.2) is 13.7 Å². The fourth-order valence-corrected chi connectivity index (χ4v) is 2.42. The molecule has 1 fully saturated rings. The molecule has 1 aliphatic rings. The van der Waals surface area contributed by atoms with Crippen molar-refractivity contribution in [2.24, 2.45) is 5.73 Å². The summed E-state index contributed by atoms with van der Waals surface area (Å²) in [5.74, 6) is 0. The van der Waals surface area contributed by atoms with Gasteiger partial charge in [0.2, 0.25) is 0 Å². The zero-order chi connectivity index (χ0) is 10.9. The van der Waals surface area contributed by atoms with Crippen molar-refractivity contribution in [1.29, 1.82) is 0 Å². The van der Waals surface area contributed by atoms with Crippen LogP contribution in [0, 0.1) is 0 Å². The van der Waals surface area contributed by atoms with Gasteiger partial charge in [0.15, 0.2) is 0 Å². The second-order valence-electron chi connectivity index (χ2n) is 4.22. The van der Waals surface area contributed by atoms with E-state index in [1.54, 1.807) is 7.11 Å². The zero-order valence-corrected chi connectivity index (χ0v) is 10.5. The topological polar surface area (TPSA) is 35.2 Å². The lowest BCUT2D eigenvalue weighted by Gasteiger charge is -2.18. The minimum absolute atomic E-state index is 0.234. The number of methoxy groups -OCH3 is 1. The molecule has 0 spiro atoms. The average Bonchev–Trinajstić information content (AvgIpc) is 3.02. The number of hydrogen-bond acceptors (Lipinski definition) is 2. The molecule has 3 heteroatoms. The zero-order valence-electron chi connectivity index (χ0n) is 8.92. The molecule has 0 amide bonds. The highest BCUT2D eigenvalue weighted by Gasteiger charge is 2.44. The van der Waals surface area contributed by atoms with Gasteiger partial charge in [-0.05, 0) is 36.1 Å². The highest BCUT2D eigenvalue weighted by molar-refractivity contribution is 9.10. The van der Waals surface area contributed by atoms with Gasteiger partial charge in [-0.15, -0.1) is 0 Å². The fraction of sp³-hybridized carbons (Fsp3) is 0.500. The van der Waals surface area contributed by atoms with Gasteiger partial charge < -0.3 is 10.5 Å². The van der Waals surface area contributed by atoms with Crippen LogP contribution in [0.5, 0.6) is 0 Å². The summed E-state index contributed by atoms with van der Waals surface area (Å²) in [6, 6.07) is 6.37. The van der Waals surface area contributed by atoms with Gasteiger partial charge in [0, 0.05) is 23.5 Å². The highest BCUT2D eigenvalue weighted by Crippen LogP contribution is 2.49. The van der Waals surface area contributed by atoms with Gasteiger partial charge in [-0.25, -0.2) is 0 Å². The molecule has 82 valence electrons. The summed E-state index contributed by atoms with van der Waals surface area (Å²) in [4.78, 5) is 0. The van der Waals surface area contributed by atoms with Crippen molar-refractivity contribution in [3.8, 4) is 0 Å². The van der Waals surface area contributed by atoms with Crippen molar-refractivity contribution < 1.29 is 4.74 Å². The summed E-state index contributed by atoms with van der Waals surface area (Å²) in [7, 11) is 1.73. The van der Waals surface area contributed by atoms with Crippen LogP contribution in [0.25, 0.3) is 0 Å². The lowest BCUT2D eigenvalue weighted by Crippen LogP contribution is -2.21. The molecular weight excluding hydrogens is 254 g/mol. The van der Waals surface area contributed by atoms with E-state index in [0.29, 0.717) is 6.61 Å². The third-order valence-electron chi connectivity index (χ3n) is 3.19. The van der Waals surface area contributed by atoms with E-state index >= 15 is 0 Å². The Morgan fingerprint density at radius 3 is 2.73 bits per heavy atom. The predicted octanol–water partition coefficient (Wildman–Crippen LogP) is 2.59. The molecule has 1 aromatic carbocycles. The Labute approximate surface area is 98.9 Å². The van der Waals surface area contributed by atoms with Gasteiger partial charge in [-0.1, -0.05) is 22.0 Å². The molecule has 0 radical (unpaired) electrons. The second-order valence-corrected chi connectivity index (χ2v) is 5.13. The summed E-state index contributed by atoms with van der Waals surface area (Å²) in [6.45, 7) is 1.41. The van der Waals surface area contributed by atoms with E-state index in [1.807, 2.05) is 0 Å². The normalized spacial score (nSPS) is 17.8. The summed E-state index contributed by atoms with van der Waals surface area (Å²) < 4.78 is 6.34. The Bertz CT molecular complexity index is 361. The first-order valence-electron chi connectivity index (χ1n) is 5.20. The Morgan fingerprint density at radius 2 is 2.20 bits per heavy atom. The van der Waals surface area contributed by atoms with Crippen molar-refractivity contribution in [3.05, 3.63) is 33.8 Å². The van der Waals surface area contributed by atoms with Crippen LogP contribution in [-0.2, 0) is 16.8 Å². The first-order chi connectivity index (χ1) is 7.22. The van der Waals surface area contributed by atoms with Gasteiger partial charge >= 0.3 is 0 Å². The maximum Gasteiger partial charge on any atom is 0.0715 e. The monoisotopic (exact) mass is 269 g/mol. The molecule has 1 aromatic rings. The van der Waals surface area contributed by atoms with Crippen LogP contribution >= 0.6 is 15.9 Å². The van der Waals surface area contributed by atoms with Crippen LogP contribution in [0.1, 0.15) is 24.0 Å². The van der Waals surface area contributed by atoms with Gasteiger partial charge in [-0.2, -0.15) is 0 Å². The lowest BCUT2D eigenvalue weighted by molar-refractivity contribution is 0.183. The maximum atomic E-state index is 5.86. The maximum absolute atomic E-state index is 5.86. The molecule has 2 nitrogen and oxygen atoms in total. The van der Waals surface area contributed by atoms with Gasteiger partial charge in [-0.3, -0.25) is 0 Å². The minimum Gasteiger partial charge on any atom is -0.380 e. The summed E-state index contributed by atoms with van der Waals surface area (Å²) in [5, 5.41) is 0. The van der Waals surface area contributed by atoms with Gasteiger partial charge in [0.25, 0.3) is 0 Å². The third kappa shape index (κ3) is 2.10. The van der Waals surface area contributed by atoms with E-state index in [0.717, 1.165) is 11.0 Å². The molecule has 2 rings (SSSR count). The SMILES string of the molecule is COCc1ccc(Br)cc1C1(CN)CC1. The van der Waals surface area contributed by atoms with Crippen LogP contribution in [0.4, 0.5) is 0 Å². The highest BCUT2D eigenvalue weighted by atomic mass is 79.9. The quantitative estimate of drug-likeness (QED) is 0.912. The van der Waals surface area contributed by atoms with Crippen molar-refractivity contribution in [3.63, 3.8) is 0 Å². The fourth-order valence-electron chi connectivity index (χ4n) is 2.06. The number of benzene rings is 1. The van der Waals surface area contributed by atoms with Crippen molar-refractivity contribution >= 4 is 15.9 Å². The van der Waals surface area contributed by atoms with E-state index in [2.05, 4.69) is 34.1 Å². The Morgan fingerprint density at radius 1 is 1.47 bits per heavy atom. The molecule has 0 bridgehead atoms. The van der Waals surface area contributed by atoms with Crippen LogP contribution in [0.15, 0.2) is 22.7 Å². The number of rotatable bonds is 4. The van der Waals surface area contributed by atoms with Crippen LogP contribution < -0.4 is 5.73 Å². The summed E-state index contributed by atoms with van der Waals surface area (Å²) in [6.07, 6.45) is 2.41. The molecule has 2 N–H and O–H groups in total. The first kappa shape index (κ1) is 11.1. The van der Waals surface area contributed by atoms with Crippen molar-refractivity contribution in [1.82, 2.24) is 0 Å². The number of halogens is 1. The van der Waals surface area contributed by atoms with Crippen molar-refractivity contribution in [2.45, 2.75) is 24.9 Å². The molecule has 0 unspecified atom stereocenters. The molecule has 1 aliphatic carbocycles. The van der Waals surface area contributed by atoms with E-state index in [1.165, 1.54) is 24.0 Å². The number of hydrogen-bond donors (Lipinski definition) is 1. The second kappa shape index (κ2) is 4.24. The molecular formula is C12H16BrNO. The third-order valence-corrected chi connectivity index (χ3v) is 3.68. The largest absolute Gasteiger partial charge is 0.380 e. The Kier molecular flexibility index (Phi) is 3.14. The first-order valence-corrected chi connectivity index (χ1v) is 5.99. The number of nitrogens with two attached hydrogens (primary N) is 1. The van der Waals surface area contributed by atoms with Crippen molar-refractivity contribution in [2.75, 3.05) is 13.7 Å². The average molecular weight is 270 g/mol. The van der Waals surface area contributed by atoms with Gasteiger partial charge in [0.05, 0.1) is 6.61 Å². The van der Waals surface area contributed by atoms with Crippen LogP contribution in [0.2, 0.25) is 0 Å². The molecule has 0 saturated heterocycles. The molecule has 0 aromatic heterocycles. The summed E-state index contributed by atoms with van der Waals surface area (Å²) >= 11 is 3.52. The van der Waals surface area contributed by atoms with E-state index in [9.17, 15) is 0 Å². The van der Waals surface area contributed by atoms with Gasteiger partial charge in [0.1, 0.15) is 0 Å². The van der Waals surface area contributed by atoms with E-state index < -0.39 is 0 Å². The predicted molar refractivity (Wildman–Crippen MR) is 64.8 cm³/mol. The van der Waals surface area contributed by atoms with E-state index in [-0.39, 0.29) is 5.41 Å². The Hall–Kier alpha value is -0.380. The standard InChI is InChI=1S/C12H16BrNO/c1-15-7-9-2-3-10(13)6-11(9)12(8-14)4-5-12/h2-3,6H,4-5,7-8,14H2,1H3. The molecule has 0 heterocycles. The molecule has 15 heavy (non-hydrogen) atoms. The van der Waals surface area contributed by atoms with E-state index in [4.69, 9.17) is 10.5 Å². The summed E-state index contributed by atoms with van der Waals surface area (Å²) in [5.41, 5.74) is 8.72. The Balaban J connectivity index is 2.38. The molecule has 1 saturated carbocycles.